The molecule has 3 rings (SSSR count). The molecule has 0 bridgehead atoms. The zero-order chi connectivity index (χ0) is 16.7. The summed E-state index contributed by atoms with van der Waals surface area (Å²) >= 11 is 6.20. The maximum Gasteiger partial charge on any atom is 0.232 e. The maximum atomic E-state index is 6.20. The molecule has 128 valence electrons. The van der Waals surface area contributed by atoms with Crippen molar-refractivity contribution in [1.29, 1.82) is 0 Å². The Morgan fingerprint density at radius 3 is 1.65 bits per heavy atom. The first-order chi connectivity index (χ1) is 10.8. The van der Waals surface area contributed by atoms with Crippen molar-refractivity contribution < 1.29 is 9.47 Å². The first kappa shape index (κ1) is 16.7. The predicted molar refractivity (Wildman–Crippen MR) is 89.3 cm³/mol. The second-order valence-corrected chi connectivity index (χ2v) is 7.58. The molecule has 2 fully saturated rings. The number of aromatic nitrogens is 3. The third-order valence-corrected chi connectivity index (χ3v) is 4.53. The fraction of sp³-hybridized carbons (Fsp3) is 0.800. The average molecular weight is 342 g/mol. The van der Waals surface area contributed by atoms with E-state index in [1.807, 2.05) is 0 Å². The van der Waals surface area contributed by atoms with Crippen molar-refractivity contribution in [3.05, 3.63) is 5.28 Å². The van der Waals surface area contributed by atoms with Crippen molar-refractivity contribution in [1.82, 2.24) is 15.0 Å². The zero-order valence-corrected chi connectivity index (χ0v) is 14.9. The Morgan fingerprint density at radius 1 is 0.826 bits per heavy atom. The topological polar surface area (TPSA) is 63.6 Å². The highest BCUT2D eigenvalue weighted by Gasteiger charge is 2.36. The highest BCUT2D eigenvalue weighted by molar-refractivity contribution is 6.28. The van der Waals surface area contributed by atoms with E-state index in [0.717, 1.165) is 13.1 Å². The van der Waals surface area contributed by atoms with Gasteiger partial charge in [-0.1, -0.05) is 0 Å². The molecule has 1 aromatic heterocycles. The number of hydrogen-bond acceptors (Lipinski definition) is 7. The third kappa shape index (κ3) is 3.36. The molecule has 0 saturated carbocycles. The van der Waals surface area contributed by atoms with Gasteiger partial charge in [0.25, 0.3) is 0 Å². The summed E-state index contributed by atoms with van der Waals surface area (Å²) in [6, 6.07) is 0. The van der Waals surface area contributed by atoms with Crippen molar-refractivity contribution in [2.45, 2.75) is 38.8 Å². The SMILES string of the molecule is CC1(C)COCCN1c1nc(Cl)nc(N2CCOCC2(C)C)n1. The summed E-state index contributed by atoms with van der Waals surface area (Å²) < 4.78 is 11.1. The minimum atomic E-state index is -0.180. The quantitative estimate of drug-likeness (QED) is 0.812. The molecule has 1 aromatic rings. The second kappa shape index (κ2) is 6.03. The molecule has 8 heteroatoms. The molecule has 0 radical (unpaired) electrons. The first-order valence-corrected chi connectivity index (χ1v) is 8.30. The molecule has 0 atom stereocenters. The van der Waals surface area contributed by atoms with Crippen LogP contribution in [-0.4, -0.2) is 65.5 Å². The van der Waals surface area contributed by atoms with Gasteiger partial charge in [-0.3, -0.25) is 0 Å². The fourth-order valence-electron chi connectivity index (χ4n) is 3.03. The van der Waals surface area contributed by atoms with Crippen LogP contribution in [0, 0.1) is 0 Å². The van der Waals surface area contributed by atoms with Crippen LogP contribution in [0.25, 0.3) is 0 Å². The Kier molecular flexibility index (Phi) is 4.37. The molecule has 2 saturated heterocycles. The van der Waals surface area contributed by atoms with Gasteiger partial charge in [0.15, 0.2) is 0 Å². The summed E-state index contributed by atoms with van der Waals surface area (Å²) in [5.74, 6) is 1.21. The summed E-state index contributed by atoms with van der Waals surface area (Å²) in [6.07, 6.45) is 0. The monoisotopic (exact) mass is 341 g/mol. The molecule has 2 aliphatic heterocycles. The summed E-state index contributed by atoms with van der Waals surface area (Å²) in [5.41, 5.74) is -0.360. The summed E-state index contributed by atoms with van der Waals surface area (Å²) in [7, 11) is 0. The van der Waals surface area contributed by atoms with Crippen LogP contribution in [0.15, 0.2) is 0 Å². The van der Waals surface area contributed by atoms with Gasteiger partial charge in [-0.25, -0.2) is 0 Å². The number of rotatable bonds is 2. The molecule has 0 spiro atoms. The number of nitrogens with zero attached hydrogens (tertiary/aromatic N) is 5. The lowest BCUT2D eigenvalue weighted by Gasteiger charge is -2.44. The third-order valence-electron chi connectivity index (χ3n) is 4.36. The van der Waals surface area contributed by atoms with Gasteiger partial charge in [0.05, 0.1) is 37.5 Å². The molecule has 0 unspecified atom stereocenters. The number of morpholine rings is 2. The van der Waals surface area contributed by atoms with Crippen molar-refractivity contribution in [3.8, 4) is 0 Å². The Labute approximate surface area is 142 Å². The van der Waals surface area contributed by atoms with Crippen LogP contribution in [0.3, 0.4) is 0 Å². The molecule has 23 heavy (non-hydrogen) atoms. The van der Waals surface area contributed by atoms with E-state index >= 15 is 0 Å². The van der Waals surface area contributed by atoms with Crippen LogP contribution in [0.1, 0.15) is 27.7 Å². The van der Waals surface area contributed by atoms with Crippen molar-refractivity contribution in [3.63, 3.8) is 0 Å². The minimum Gasteiger partial charge on any atom is -0.377 e. The van der Waals surface area contributed by atoms with E-state index in [0.29, 0.717) is 38.3 Å². The summed E-state index contributed by atoms with van der Waals surface area (Å²) in [6.45, 7) is 12.5. The van der Waals surface area contributed by atoms with Crippen LogP contribution >= 0.6 is 11.6 Å². The van der Waals surface area contributed by atoms with Gasteiger partial charge < -0.3 is 19.3 Å². The van der Waals surface area contributed by atoms with Gasteiger partial charge >= 0.3 is 0 Å². The van der Waals surface area contributed by atoms with Gasteiger partial charge in [0.1, 0.15) is 0 Å². The lowest BCUT2D eigenvalue weighted by atomic mass is 10.0. The van der Waals surface area contributed by atoms with Crippen LogP contribution in [0.5, 0.6) is 0 Å². The smallest absolute Gasteiger partial charge is 0.232 e. The van der Waals surface area contributed by atoms with E-state index in [9.17, 15) is 0 Å². The first-order valence-electron chi connectivity index (χ1n) is 7.92. The van der Waals surface area contributed by atoms with Crippen LogP contribution in [-0.2, 0) is 9.47 Å². The Hall–Kier alpha value is -1.18. The van der Waals surface area contributed by atoms with Crippen LogP contribution in [0.2, 0.25) is 5.28 Å². The van der Waals surface area contributed by atoms with Gasteiger partial charge in [-0.2, -0.15) is 15.0 Å². The van der Waals surface area contributed by atoms with Crippen LogP contribution in [0.4, 0.5) is 11.9 Å². The molecule has 7 nitrogen and oxygen atoms in total. The van der Waals surface area contributed by atoms with E-state index in [2.05, 4.69) is 47.5 Å². The van der Waals surface area contributed by atoms with E-state index in [4.69, 9.17) is 26.1 Å². The largest absolute Gasteiger partial charge is 0.377 e. The van der Waals surface area contributed by atoms with Crippen LogP contribution < -0.4 is 9.80 Å². The molecule has 0 aliphatic carbocycles. The molecule has 0 amide bonds. The van der Waals surface area contributed by atoms with Gasteiger partial charge in [-0.15, -0.1) is 0 Å². The highest BCUT2D eigenvalue weighted by atomic mass is 35.5. The Balaban J connectivity index is 1.96. The molecule has 3 heterocycles. The van der Waals surface area contributed by atoms with Gasteiger partial charge in [0.2, 0.25) is 17.2 Å². The summed E-state index contributed by atoms with van der Waals surface area (Å²) in [5, 5.41) is 0.217. The fourth-order valence-corrected chi connectivity index (χ4v) is 3.18. The molecule has 2 aliphatic rings. The number of hydrogen-bond donors (Lipinski definition) is 0. The van der Waals surface area contributed by atoms with Gasteiger partial charge in [-0.05, 0) is 39.3 Å². The molecule has 0 N–H and O–H groups in total. The van der Waals surface area contributed by atoms with Crippen molar-refractivity contribution in [2.75, 3.05) is 49.3 Å². The van der Waals surface area contributed by atoms with Crippen molar-refractivity contribution >= 4 is 23.5 Å². The Bertz CT molecular complexity index is 535. The predicted octanol–water partition coefficient (Wildman–Crippen LogP) is 1.76. The number of halogens is 1. The average Bonchev–Trinajstić information content (AvgIpc) is 2.45. The van der Waals surface area contributed by atoms with Crippen molar-refractivity contribution in [2.24, 2.45) is 0 Å². The lowest BCUT2D eigenvalue weighted by Crippen LogP contribution is -2.55. The second-order valence-electron chi connectivity index (χ2n) is 7.24. The lowest BCUT2D eigenvalue weighted by molar-refractivity contribution is 0.0619. The number of anilines is 2. The zero-order valence-electron chi connectivity index (χ0n) is 14.2. The van der Waals surface area contributed by atoms with E-state index in [-0.39, 0.29) is 16.4 Å². The normalized spacial score (nSPS) is 23.9. The van der Waals surface area contributed by atoms with E-state index in [1.54, 1.807) is 0 Å². The summed E-state index contributed by atoms with van der Waals surface area (Å²) in [4.78, 5) is 17.7. The standard InChI is InChI=1S/C15H24ClN5O2/c1-14(2)9-22-7-5-20(14)12-17-11(16)18-13(19-12)21-6-8-23-10-15(21,3)4/h5-10H2,1-4H3. The van der Waals surface area contributed by atoms with E-state index in [1.165, 1.54) is 0 Å². The van der Waals surface area contributed by atoms with Gasteiger partial charge in [0, 0.05) is 13.1 Å². The number of ether oxygens (including phenoxy) is 2. The van der Waals surface area contributed by atoms with E-state index < -0.39 is 0 Å². The molecular weight excluding hydrogens is 318 g/mol. The Morgan fingerprint density at radius 2 is 1.26 bits per heavy atom. The highest BCUT2D eigenvalue weighted by Crippen LogP contribution is 2.29. The molecule has 0 aromatic carbocycles. The minimum absolute atomic E-state index is 0.180. The maximum absolute atomic E-state index is 6.20. The molecular formula is C15H24ClN5O2.